The molecule has 1 heterocycles. The lowest BCUT2D eigenvalue weighted by Gasteiger charge is -2.19. The van der Waals surface area contributed by atoms with Crippen LogP contribution in [0.15, 0.2) is 35.3 Å². The number of ether oxygens (including phenoxy) is 1. The molecule has 0 aliphatic carbocycles. The maximum absolute atomic E-state index is 12.7. The molecule has 1 atom stereocenters. The molecule has 0 bridgehead atoms. The highest BCUT2D eigenvalue weighted by atomic mass is 35.5. The van der Waals surface area contributed by atoms with Crippen molar-refractivity contribution in [3.63, 3.8) is 0 Å². The average molecular weight is 401 g/mol. The van der Waals surface area contributed by atoms with Gasteiger partial charge < -0.3 is 9.84 Å². The van der Waals surface area contributed by atoms with Crippen LogP contribution in [0.1, 0.15) is 18.0 Å². The number of hydrogen-bond acceptors (Lipinski definition) is 4. The van der Waals surface area contributed by atoms with Gasteiger partial charge in [-0.05, 0) is 18.2 Å². The van der Waals surface area contributed by atoms with Crippen LogP contribution in [0.25, 0.3) is 11.1 Å². The number of pyridine rings is 1. The summed E-state index contributed by atoms with van der Waals surface area (Å²) < 4.78 is 43.6. The number of hydrogen-bond donors (Lipinski definition) is 1. The molecule has 142 valence electrons. The molecule has 0 radical (unpaired) electrons. The number of carboxylic acids is 1. The molecule has 1 aromatic carbocycles. The molecule has 2 aromatic rings. The third kappa shape index (κ3) is 4.60. The third-order valence-corrected chi connectivity index (χ3v) is 3.94. The topological polar surface area (TPSA) is 92.3 Å². The van der Waals surface area contributed by atoms with Gasteiger partial charge in [-0.2, -0.15) is 18.4 Å². The van der Waals surface area contributed by atoms with Gasteiger partial charge in [-0.3, -0.25) is 9.36 Å². The van der Waals surface area contributed by atoms with Crippen LogP contribution in [0.4, 0.5) is 13.2 Å². The molecule has 6 nitrogen and oxygen atoms in total. The van der Waals surface area contributed by atoms with E-state index in [1.807, 2.05) is 6.07 Å². The Balaban J connectivity index is 2.69. The second-order valence-electron chi connectivity index (χ2n) is 5.48. The van der Waals surface area contributed by atoms with Gasteiger partial charge in [-0.15, -0.1) is 0 Å². The Kier molecular flexibility index (Phi) is 5.81. The zero-order valence-electron chi connectivity index (χ0n) is 13.7. The first-order valence-corrected chi connectivity index (χ1v) is 7.75. The van der Waals surface area contributed by atoms with E-state index in [2.05, 4.69) is 0 Å². The van der Waals surface area contributed by atoms with Gasteiger partial charge in [-0.1, -0.05) is 11.6 Å². The predicted octanol–water partition coefficient (Wildman–Crippen LogP) is 3.63. The van der Waals surface area contributed by atoms with Crippen molar-refractivity contribution in [2.24, 2.45) is 0 Å². The van der Waals surface area contributed by atoms with E-state index in [0.717, 1.165) is 12.3 Å². The highest BCUT2D eigenvalue weighted by Crippen LogP contribution is 2.34. The number of carbonyl (C=O) groups is 1. The lowest BCUT2D eigenvalue weighted by molar-refractivity contribution is -0.161. The summed E-state index contributed by atoms with van der Waals surface area (Å²) in [6, 6.07) is 4.93. The van der Waals surface area contributed by atoms with Crippen molar-refractivity contribution in [3.8, 4) is 22.9 Å². The molecule has 2 rings (SSSR count). The SMILES string of the molecule is COc1cn(C(CC(F)(F)F)C(=O)O)c(=O)cc1-c1cc(Cl)ccc1C#N. The monoisotopic (exact) mass is 400 g/mol. The quantitative estimate of drug-likeness (QED) is 0.827. The van der Waals surface area contributed by atoms with E-state index in [0.29, 0.717) is 4.57 Å². The summed E-state index contributed by atoms with van der Waals surface area (Å²) in [6.07, 6.45) is -5.65. The number of methoxy groups -OCH3 is 1. The summed E-state index contributed by atoms with van der Waals surface area (Å²) in [5.74, 6) is -1.90. The number of rotatable bonds is 5. The van der Waals surface area contributed by atoms with Gasteiger partial charge in [0.15, 0.2) is 0 Å². The average Bonchev–Trinajstić information content (AvgIpc) is 2.58. The number of halogens is 4. The Morgan fingerprint density at radius 1 is 1.37 bits per heavy atom. The molecule has 0 spiro atoms. The standard InChI is InChI=1S/C17H12ClF3N2O4/c1-27-14-8-23(13(16(25)26)6-17(19,20)21)15(24)5-12(14)11-4-10(18)3-2-9(11)7-22/h2-5,8,13H,6H2,1H3,(H,25,26). The largest absolute Gasteiger partial charge is 0.495 e. The van der Waals surface area contributed by atoms with Crippen molar-refractivity contribution >= 4 is 17.6 Å². The van der Waals surface area contributed by atoms with E-state index in [-0.39, 0.29) is 27.5 Å². The fraction of sp³-hybridized carbons (Fsp3) is 0.235. The molecule has 0 aliphatic rings. The van der Waals surface area contributed by atoms with Gasteiger partial charge in [0.25, 0.3) is 5.56 Å². The van der Waals surface area contributed by atoms with Crippen LogP contribution in [0.5, 0.6) is 5.75 Å². The van der Waals surface area contributed by atoms with E-state index in [4.69, 9.17) is 21.4 Å². The molecule has 1 unspecified atom stereocenters. The van der Waals surface area contributed by atoms with Crippen molar-refractivity contribution in [3.05, 3.63) is 51.4 Å². The second kappa shape index (κ2) is 7.72. The Morgan fingerprint density at radius 2 is 2.04 bits per heavy atom. The molecular weight excluding hydrogens is 389 g/mol. The number of aromatic nitrogens is 1. The van der Waals surface area contributed by atoms with Crippen LogP contribution in [-0.4, -0.2) is 28.9 Å². The lowest BCUT2D eigenvalue weighted by atomic mass is 10.00. The van der Waals surface area contributed by atoms with Gasteiger partial charge in [-0.25, -0.2) is 4.79 Å². The molecule has 0 aliphatic heterocycles. The highest BCUT2D eigenvalue weighted by molar-refractivity contribution is 6.31. The van der Waals surface area contributed by atoms with E-state index in [1.165, 1.54) is 25.3 Å². The molecular formula is C17H12ClF3N2O4. The molecule has 0 fully saturated rings. The van der Waals surface area contributed by atoms with Gasteiger partial charge >= 0.3 is 12.1 Å². The van der Waals surface area contributed by atoms with Crippen molar-refractivity contribution in [2.45, 2.75) is 18.6 Å². The minimum Gasteiger partial charge on any atom is -0.495 e. The van der Waals surface area contributed by atoms with Gasteiger partial charge in [0, 0.05) is 22.2 Å². The number of nitrogens with zero attached hydrogens (tertiary/aromatic N) is 2. The Labute approximate surface area is 156 Å². The first-order chi connectivity index (χ1) is 12.6. The first-order valence-electron chi connectivity index (χ1n) is 7.37. The van der Waals surface area contributed by atoms with E-state index < -0.39 is 30.2 Å². The van der Waals surface area contributed by atoms with Crippen molar-refractivity contribution < 1.29 is 27.8 Å². The molecule has 27 heavy (non-hydrogen) atoms. The normalized spacial score (nSPS) is 12.3. The fourth-order valence-corrected chi connectivity index (χ4v) is 2.68. The zero-order valence-corrected chi connectivity index (χ0v) is 14.5. The van der Waals surface area contributed by atoms with Crippen LogP contribution in [-0.2, 0) is 4.79 Å². The summed E-state index contributed by atoms with van der Waals surface area (Å²) in [4.78, 5) is 23.6. The Morgan fingerprint density at radius 3 is 2.56 bits per heavy atom. The molecule has 10 heteroatoms. The number of aliphatic carboxylic acids is 1. The highest BCUT2D eigenvalue weighted by Gasteiger charge is 2.37. The van der Waals surface area contributed by atoms with Crippen molar-refractivity contribution in [2.75, 3.05) is 7.11 Å². The minimum absolute atomic E-state index is 0.0817. The maximum Gasteiger partial charge on any atom is 0.391 e. The first kappa shape index (κ1) is 20.3. The zero-order chi connectivity index (χ0) is 20.4. The molecule has 0 saturated heterocycles. The van der Waals surface area contributed by atoms with Crippen LogP contribution < -0.4 is 10.3 Å². The number of carboxylic acid groups (broad SMARTS) is 1. The summed E-state index contributed by atoms with van der Waals surface area (Å²) in [6.45, 7) is 0. The van der Waals surface area contributed by atoms with E-state index in [9.17, 15) is 28.0 Å². The second-order valence-corrected chi connectivity index (χ2v) is 5.91. The predicted molar refractivity (Wildman–Crippen MR) is 89.8 cm³/mol. The molecule has 0 saturated carbocycles. The van der Waals surface area contributed by atoms with Crippen molar-refractivity contribution in [1.29, 1.82) is 5.26 Å². The minimum atomic E-state index is -4.80. The number of benzene rings is 1. The third-order valence-electron chi connectivity index (χ3n) is 3.70. The van der Waals surface area contributed by atoms with Gasteiger partial charge in [0.1, 0.15) is 11.8 Å². The summed E-state index contributed by atoms with van der Waals surface area (Å²) in [7, 11) is 1.20. The molecule has 1 N–H and O–H groups in total. The van der Waals surface area contributed by atoms with Crippen LogP contribution >= 0.6 is 11.6 Å². The van der Waals surface area contributed by atoms with E-state index >= 15 is 0 Å². The maximum atomic E-state index is 12.7. The van der Waals surface area contributed by atoms with E-state index in [1.54, 1.807) is 0 Å². The Bertz CT molecular complexity index is 980. The molecule has 0 amide bonds. The molecule has 1 aromatic heterocycles. The fourth-order valence-electron chi connectivity index (χ4n) is 2.51. The van der Waals surface area contributed by atoms with Crippen molar-refractivity contribution in [1.82, 2.24) is 4.57 Å². The van der Waals surface area contributed by atoms with Crippen LogP contribution in [0.3, 0.4) is 0 Å². The van der Waals surface area contributed by atoms with Gasteiger partial charge in [0.2, 0.25) is 0 Å². The van der Waals surface area contributed by atoms with Gasteiger partial charge in [0.05, 0.1) is 31.4 Å². The lowest BCUT2D eigenvalue weighted by Crippen LogP contribution is -2.32. The smallest absolute Gasteiger partial charge is 0.391 e. The summed E-state index contributed by atoms with van der Waals surface area (Å²) >= 11 is 5.92. The summed E-state index contributed by atoms with van der Waals surface area (Å²) in [5.41, 5.74) is -0.506. The Hall–Kier alpha value is -2.99. The van der Waals surface area contributed by atoms with Crippen LogP contribution in [0, 0.1) is 11.3 Å². The number of nitriles is 1. The summed E-state index contributed by atoms with van der Waals surface area (Å²) in [5, 5.41) is 18.6. The number of alkyl halides is 3. The van der Waals surface area contributed by atoms with Crippen LogP contribution in [0.2, 0.25) is 5.02 Å².